The summed E-state index contributed by atoms with van der Waals surface area (Å²) in [6.45, 7) is 11.1. The van der Waals surface area contributed by atoms with Crippen LogP contribution in [0.5, 0.6) is 0 Å². The van der Waals surface area contributed by atoms with Crippen LogP contribution in [0, 0.1) is 5.41 Å². The minimum atomic E-state index is 0.652. The summed E-state index contributed by atoms with van der Waals surface area (Å²) in [6, 6.07) is 0.859. The standard InChI is InChI=1S/C17H32N4/c1-3-18-16(19-11-13-20(4-2)15-6-7-15)21-12-10-17(14-21)8-5-9-17/h15H,3-14H2,1-2H3,(H,18,19). The molecular weight excluding hydrogens is 260 g/mol. The molecule has 120 valence electrons. The lowest BCUT2D eigenvalue weighted by Crippen LogP contribution is -2.43. The second-order valence-electron chi connectivity index (χ2n) is 7.12. The molecule has 3 rings (SSSR count). The highest BCUT2D eigenvalue weighted by Gasteiger charge is 2.43. The lowest BCUT2D eigenvalue weighted by Gasteiger charge is -2.38. The molecule has 1 saturated heterocycles. The third-order valence-electron chi connectivity index (χ3n) is 5.61. The van der Waals surface area contributed by atoms with Gasteiger partial charge in [-0.05, 0) is 51.0 Å². The Morgan fingerprint density at radius 2 is 2.10 bits per heavy atom. The van der Waals surface area contributed by atoms with Crippen molar-refractivity contribution in [3.63, 3.8) is 0 Å². The molecule has 3 aliphatic rings. The van der Waals surface area contributed by atoms with Crippen LogP contribution in [-0.4, -0.2) is 61.1 Å². The number of aliphatic imine (C=N–C) groups is 1. The molecule has 0 aromatic carbocycles. The van der Waals surface area contributed by atoms with Crippen molar-refractivity contribution in [1.29, 1.82) is 0 Å². The van der Waals surface area contributed by atoms with Gasteiger partial charge in [0.05, 0.1) is 6.54 Å². The Morgan fingerprint density at radius 3 is 2.62 bits per heavy atom. The highest BCUT2D eigenvalue weighted by molar-refractivity contribution is 5.80. The van der Waals surface area contributed by atoms with E-state index in [0.29, 0.717) is 5.41 Å². The van der Waals surface area contributed by atoms with E-state index in [2.05, 4.69) is 29.0 Å². The van der Waals surface area contributed by atoms with E-state index in [1.54, 1.807) is 0 Å². The van der Waals surface area contributed by atoms with Gasteiger partial charge >= 0.3 is 0 Å². The lowest BCUT2D eigenvalue weighted by molar-refractivity contribution is 0.151. The molecule has 1 spiro atoms. The molecule has 3 fully saturated rings. The van der Waals surface area contributed by atoms with Crippen LogP contribution in [0.25, 0.3) is 0 Å². The van der Waals surface area contributed by atoms with E-state index in [9.17, 15) is 0 Å². The van der Waals surface area contributed by atoms with Gasteiger partial charge < -0.3 is 10.2 Å². The smallest absolute Gasteiger partial charge is 0.193 e. The van der Waals surface area contributed by atoms with Crippen LogP contribution in [0.1, 0.15) is 52.4 Å². The van der Waals surface area contributed by atoms with Crippen molar-refractivity contribution in [2.45, 2.75) is 58.4 Å². The molecule has 0 atom stereocenters. The normalized spacial score (nSPS) is 24.7. The minimum Gasteiger partial charge on any atom is -0.357 e. The molecular formula is C17H32N4. The van der Waals surface area contributed by atoms with Gasteiger partial charge in [-0.3, -0.25) is 9.89 Å². The van der Waals surface area contributed by atoms with Crippen LogP contribution in [0.4, 0.5) is 0 Å². The van der Waals surface area contributed by atoms with Crippen LogP contribution in [0.15, 0.2) is 4.99 Å². The molecule has 1 aliphatic heterocycles. The first-order valence-corrected chi connectivity index (χ1v) is 9.04. The number of rotatable bonds is 6. The number of likely N-dealkylation sites (tertiary alicyclic amines) is 1. The largest absolute Gasteiger partial charge is 0.357 e. The maximum atomic E-state index is 4.91. The maximum absolute atomic E-state index is 4.91. The van der Waals surface area contributed by atoms with E-state index in [1.165, 1.54) is 58.2 Å². The second kappa shape index (κ2) is 6.55. The van der Waals surface area contributed by atoms with E-state index >= 15 is 0 Å². The van der Waals surface area contributed by atoms with E-state index < -0.39 is 0 Å². The highest BCUT2D eigenvalue weighted by Crippen LogP contribution is 2.47. The quantitative estimate of drug-likeness (QED) is 0.602. The summed E-state index contributed by atoms with van der Waals surface area (Å²) >= 11 is 0. The molecule has 0 aromatic heterocycles. The molecule has 2 saturated carbocycles. The van der Waals surface area contributed by atoms with Crippen molar-refractivity contribution in [3.05, 3.63) is 0 Å². The zero-order valence-corrected chi connectivity index (χ0v) is 13.9. The van der Waals surface area contributed by atoms with Crippen LogP contribution < -0.4 is 5.32 Å². The number of hydrogen-bond donors (Lipinski definition) is 1. The van der Waals surface area contributed by atoms with E-state index in [1.807, 2.05) is 0 Å². The van der Waals surface area contributed by atoms with Crippen molar-refractivity contribution in [3.8, 4) is 0 Å². The van der Waals surface area contributed by atoms with Gasteiger partial charge in [0.1, 0.15) is 0 Å². The van der Waals surface area contributed by atoms with Crippen molar-refractivity contribution in [2.75, 3.05) is 39.3 Å². The molecule has 2 aliphatic carbocycles. The Morgan fingerprint density at radius 1 is 1.29 bits per heavy atom. The summed E-state index contributed by atoms with van der Waals surface area (Å²) in [7, 11) is 0. The Labute approximate surface area is 130 Å². The molecule has 4 nitrogen and oxygen atoms in total. The zero-order chi connectivity index (χ0) is 14.7. The van der Waals surface area contributed by atoms with Gasteiger partial charge in [-0.1, -0.05) is 13.3 Å². The fourth-order valence-electron chi connectivity index (χ4n) is 3.95. The molecule has 0 unspecified atom stereocenters. The number of nitrogens with one attached hydrogen (secondary N) is 1. The molecule has 4 heteroatoms. The van der Waals surface area contributed by atoms with Crippen LogP contribution in [-0.2, 0) is 0 Å². The number of hydrogen-bond acceptors (Lipinski definition) is 2. The Kier molecular flexibility index (Phi) is 4.72. The zero-order valence-electron chi connectivity index (χ0n) is 13.9. The van der Waals surface area contributed by atoms with Crippen LogP contribution in [0.3, 0.4) is 0 Å². The third-order valence-corrected chi connectivity index (χ3v) is 5.61. The van der Waals surface area contributed by atoms with E-state index in [-0.39, 0.29) is 0 Å². The van der Waals surface area contributed by atoms with Gasteiger partial charge in [-0.15, -0.1) is 0 Å². The van der Waals surface area contributed by atoms with Crippen molar-refractivity contribution >= 4 is 5.96 Å². The monoisotopic (exact) mass is 292 g/mol. The van der Waals surface area contributed by atoms with Crippen molar-refractivity contribution in [1.82, 2.24) is 15.1 Å². The third kappa shape index (κ3) is 3.53. The molecule has 1 heterocycles. The van der Waals surface area contributed by atoms with Crippen LogP contribution >= 0.6 is 0 Å². The average Bonchev–Trinajstić information content (AvgIpc) is 3.18. The first kappa shape index (κ1) is 15.1. The molecule has 0 radical (unpaired) electrons. The van der Waals surface area contributed by atoms with E-state index in [0.717, 1.165) is 31.6 Å². The molecule has 0 aromatic rings. The van der Waals surface area contributed by atoms with Gasteiger partial charge in [0.2, 0.25) is 0 Å². The Balaban J connectivity index is 1.52. The van der Waals surface area contributed by atoms with Gasteiger partial charge in [0.15, 0.2) is 5.96 Å². The summed E-state index contributed by atoms with van der Waals surface area (Å²) < 4.78 is 0. The molecule has 21 heavy (non-hydrogen) atoms. The number of nitrogens with zero attached hydrogens (tertiary/aromatic N) is 3. The Hall–Kier alpha value is -0.770. The Bertz CT molecular complexity index is 371. The summed E-state index contributed by atoms with van der Waals surface area (Å²) in [5.74, 6) is 1.16. The minimum absolute atomic E-state index is 0.652. The molecule has 0 amide bonds. The molecule has 0 bridgehead atoms. The topological polar surface area (TPSA) is 30.9 Å². The summed E-state index contributed by atoms with van der Waals surface area (Å²) in [5, 5.41) is 3.50. The predicted octanol–water partition coefficient (Wildman–Crippen LogP) is 2.31. The summed E-state index contributed by atoms with van der Waals surface area (Å²) in [4.78, 5) is 10.0. The second-order valence-corrected chi connectivity index (χ2v) is 7.12. The average molecular weight is 292 g/mol. The number of likely N-dealkylation sites (N-methyl/N-ethyl adjacent to an activating group) is 1. The summed E-state index contributed by atoms with van der Waals surface area (Å²) in [6.07, 6.45) is 8.48. The van der Waals surface area contributed by atoms with E-state index in [4.69, 9.17) is 4.99 Å². The van der Waals surface area contributed by atoms with Gasteiger partial charge in [0, 0.05) is 32.2 Å². The van der Waals surface area contributed by atoms with Gasteiger partial charge in [0.25, 0.3) is 0 Å². The maximum Gasteiger partial charge on any atom is 0.193 e. The van der Waals surface area contributed by atoms with Gasteiger partial charge in [-0.25, -0.2) is 0 Å². The van der Waals surface area contributed by atoms with Crippen LogP contribution in [0.2, 0.25) is 0 Å². The van der Waals surface area contributed by atoms with Crippen molar-refractivity contribution in [2.24, 2.45) is 10.4 Å². The van der Waals surface area contributed by atoms with Gasteiger partial charge in [-0.2, -0.15) is 0 Å². The van der Waals surface area contributed by atoms with Crippen molar-refractivity contribution < 1.29 is 0 Å². The SMILES string of the molecule is CCNC(=NCCN(CC)C1CC1)N1CCC2(CCC2)C1. The highest BCUT2D eigenvalue weighted by atomic mass is 15.3. The lowest BCUT2D eigenvalue weighted by atomic mass is 9.68. The predicted molar refractivity (Wildman–Crippen MR) is 88.7 cm³/mol. The fraction of sp³-hybridized carbons (Fsp3) is 0.941. The molecule has 1 N–H and O–H groups in total. The number of guanidine groups is 1. The fourth-order valence-corrected chi connectivity index (χ4v) is 3.95. The first-order chi connectivity index (χ1) is 10.3. The first-order valence-electron chi connectivity index (χ1n) is 9.04. The summed E-state index contributed by atoms with van der Waals surface area (Å²) in [5.41, 5.74) is 0.652.